The van der Waals surface area contributed by atoms with Crippen LogP contribution in [0, 0.1) is 0 Å². The lowest BCUT2D eigenvalue weighted by Crippen LogP contribution is -2.30. The van der Waals surface area contributed by atoms with E-state index in [1.165, 1.54) is 13.0 Å². The summed E-state index contributed by atoms with van der Waals surface area (Å²) in [6.45, 7) is 0.807. The fourth-order valence-electron chi connectivity index (χ4n) is 1.48. The fourth-order valence-corrected chi connectivity index (χ4v) is 1.48. The molecule has 1 aromatic rings. The minimum atomic E-state index is -1.19. The maximum atomic E-state index is 11.6. The second-order valence-corrected chi connectivity index (χ2v) is 3.86. The van der Waals surface area contributed by atoms with Gasteiger partial charge in [-0.1, -0.05) is 12.1 Å². The van der Waals surface area contributed by atoms with Gasteiger partial charge in [0, 0.05) is 5.56 Å². The Labute approximate surface area is 114 Å². The monoisotopic (exact) mass is 278 g/mol. The number of aliphatic hydroxyl groups excluding tert-OH is 1. The van der Waals surface area contributed by atoms with E-state index in [1.807, 2.05) is 0 Å². The molecular formula is C13H14N2O5. The Bertz CT molecular complexity index is 566. The summed E-state index contributed by atoms with van der Waals surface area (Å²) in [6.07, 6.45) is 0.450. The first-order chi connectivity index (χ1) is 9.47. The smallest absolute Gasteiger partial charge is 0.322 e. The lowest BCUT2D eigenvalue weighted by atomic mass is 10.1. The van der Waals surface area contributed by atoms with Gasteiger partial charge in [-0.3, -0.25) is 14.4 Å². The first kappa shape index (κ1) is 15.2. The topological polar surface area (TPSA) is 116 Å². The number of aliphatic carboxylic acids is 1. The van der Waals surface area contributed by atoms with E-state index >= 15 is 0 Å². The number of amides is 2. The van der Waals surface area contributed by atoms with Crippen LogP contribution in [-0.4, -0.2) is 35.0 Å². The average Bonchev–Trinajstić information content (AvgIpc) is 2.44. The standard InChI is InChI=1S/C13H14N2O5/c1-8(13(20)14-6-11(17)18)12(19)9-4-2-3-5-10(9)15-7-16/h2-5,7,19H,6H2,1H3,(H,14,20)(H,15,16)(H,17,18)/b12-8-. The lowest BCUT2D eigenvalue weighted by Gasteiger charge is -2.10. The minimum absolute atomic E-state index is 0.0496. The number of para-hydroxylation sites is 1. The van der Waals surface area contributed by atoms with E-state index in [0.29, 0.717) is 12.1 Å². The molecule has 0 aliphatic carbocycles. The van der Waals surface area contributed by atoms with Crippen molar-refractivity contribution in [2.24, 2.45) is 0 Å². The predicted octanol–water partition coefficient (Wildman–Crippen LogP) is 0.745. The van der Waals surface area contributed by atoms with Crippen molar-refractivity contribution in [3.63, 3.8) is 0 Å². The number of hydrogen-bond acceptors (Lipinski definition) is 4. The Kier molecular flexibility index (Phi) is 5.28. The summed E-state index contributed by atoms with van der Waals surface area (Å²) in [7, 11) is 0. The largest absolute Gasteiger partial charge is 0.507 e. The number of anilines is 1. The maximum Gasteiger partial charge on any atom is 0.322 e. The molecule has 0 aliphatic heterocycles. The van der Waals surface area contributed by atoms with Gasteiger partial charge in [0.15, 0.2) is 0 Å². The van der Waals surface area contributed by atoms with Gasteiger partial charge in [0.05, 0.1) is 11.3 Å². The highest BCUT2D eigenvalue weighted by molar-refractivity contribution is 6.01. The molecule has 7 nitrogen and oxygen atoms in total. The molecule has 0 spiro atoms. The molecule has 0 aliphatic rings. The predicted molar refractivity (Wildman–Crippen MR) is 72.0 cm³/mol. The molecule has 0 aromatic heterocycles. The van der Waals surface area contributed by atoms with E-state index in [1.54, 1.807) is 18.2 Å². The maximum absolute atomic E-state index is 11.6. The SMILES string of the molecule is C/C(C(=O)NCC(=O)O)=C(/O)c1ccccc1NC=O. The van der Waals surface area contributed by atoms with Crippen LogP contribution in [-0.2, 0) is 14.4 Å². The van der Waals surface area contributed by atoms with Crippen molar-refractivity contribution < 1.29 is 24.6 Å². The summed E-state index contributed by atoms with van der Waals surface area (Å²) < 4.78 is 0. The van der Waals surface area contributed by atoms with Crippen molar-refractivity contribution in [2.75, 3.05) is 11.9 Å². The molecule has 20 heavy (non-hydrogen) atoms. The summed E-state index contributed by atoms with van der Waals surface area (Å²) in [5, 5.41) is 23.1. The highest BCUT2D eigenvalue weighted by atomic mass is 16.4. The number of aliphatic hydroxyl groups is 1. The van der Waals surface area contributed by atoms with Gasteiger partial charge in [0.2, 0.25) is 6.41 Å². The molecule has 0 bridgehead atoms. The zero-order chi connectivity index (χ0) is 15.1. The number of nitrogens with one attached hydrogen (secondary N) is 2. The average molecular weight is 278 g/mol. The van der Waals surface area contributed by atoms with Crippen molar-refractivity contribution in [3.8, 4) is 0 Å². The van der Waals surface area contributed by atoms with E-state index in [4.69, 9.17) is 5.11 Å². The van der Waals surface area contributed by atoms with Crippen LogP contribution in [0.25, 0.3) is 5.76 Å². The number of rotatable bonds is 6. The Morgan fingerprint density at radius 1 is 1.25 bits per heavy atom. The van der Waals surface area contributed by atoms with E-state index in [2.05, 4.69) is 10.6 Å². The van der Waals surface area contributed by atoms with Gasteiger partial charge in [-0.15, -0.1) is 0 Å². The molecule has 106 valence electrons. The first-order valence-corrected chi connectivity index (χ1v) is 5.66. The zero-order valence-electron chi connectivity index (χ0n) is 10.7. The van der Waals surface area contributed by atoms with Crippen LogP contribution in [0.4, 0.5) is 5.69 Å². The molecular weight excluding hydrogens is 264 g/mol. The van der Waals surface area contributed by atoms with E-state index < -0.39 is 18.4 Å². The molecule has 0 radical (unpaired) electrons. The Hall–Kier alpha value is -2.83. The summed E-state index contributed by atoms with van der Waals surface area (Å²) in [6, 6.07) is 6.37. The molecule has 0 saturated heterocycles. The van der Waals surface area contributed by atoms with Crippen molar-refractivity contribution in [2.45, 2.75) is 6.92 Å². The van der Waals surface area contributed by atoms with Crippen LogP contribution in [0.2, 0.25) is 0 Å². The van der Waals surface area contributed by atoms with Crippen LogP contribution in [0.15, 0.2) is 29.8 Å². The Balaban J connectivity index is 3.04. The number of hydrogen-bond donors (Lipinski definition) is 4. The van der Waals surface area contributed by atoms with Gasteiger partial charge in [-0.05, 0) is 19.1 Å². The van der Waals surface area contributed by atoms with Crippen LogP contribution < -0.4 is 10.6 Å². The molecule has 0 fully saturated rings. The number of carboxylic acids is 1. The quantitative estimate of drug-likeness (QED) is 0.348. The van der Waals surface area contributed by atoms with Crippen LogP contribution in [0.3, 0.4) is 0 Å². The van der Waals surface area contributed by atoms with Gasteiger partial charge < -0.3 is 20.8 Å². The molecule has 7 heteroatoms. The number of carbonyl (C=O) groups excluding carboxylic acids is 2. The third-order valence-electron chi connectivity index (χ3n) is 2.49. The lowest BCUT2D eigenvalue weighted by molar-refractivity contribution is -0.137. The molecule has 0 saturated carbocycles. The van der Waals surface area contributed by atoms with Crippen LogP contribution in [0.1, 0.15) is 12.5 Å². The van der Waals surface area contributed by atoms with Crippen molar-refractivity contribution >= 4 is 29.7 Å². The minimum Gasteiger partial charge on any atom is -0.507 e. The summed E-state index contributed by atoms with van der Waals surface area (Å²) in [4.78, 5) is 32.5. The third kappa shape index (κ3) is 3.84. The third-order valence-corrected chi connectivity index (χ3v) is 2.49. The van der Waals surface area contributed by atoms with Crippen molar-refractivity contribution in [1.29, 1.82) is 0 Å². The summed E-state index contributed by atoms with van der Waals surface area (Å²) in [5.41, 5.74) is 0.555. The van der Waals surface area contributed by atoms with E-state index in [-0.39, 0.29) is 16.9 Å². The molecule has 0 atom stereocenters. The van der Waals surface area contributed by atoms with Gasteiger partial charge in [0.1, 0.15) is 12.3 Å². The van der Waals surface area contributed by atoms with Gasteiger partial charge in [-0.25, -0.2) is 0 Å². The number of carboxylic acid groups (broad SMARTS) is 1. The fraction of sp³-hybridized carbons (Fsp3) is 0.154. The summed E-state index contributed by atoms with van der Waals surface area (Å²) in [5.74, 6) is -2.22. The second kappa shape index (κ2) is 6.93. The normalized spacial score (nSPS) is 11.2. The molecule has 1 aromatic carbocycles. The van der Waals surface area contributed by atoms with Gasteiger partial charge in [0.25, 0.3) is 5.91 Å². The molecule has 0 heterocycles. The molecule has 4 N–H and O–H groups in total. The van der Waals surface area contributed by atoms with Crippen LogP contribution >= 0.6 is 0 Å². The first-order valence-electron chi connectivity index (χ1n) is 5.66. The van der Waals surface area contributed by atoms with E-state index in [0.717, 1.165) is 0 Å². The number of carbonyl (C=O) groups is 3. The van der Waals surface area contributed by atoms with Gasteiger partial charge in [-0.2, -0.15) is 0 Å². The van der Waals surface area contributed by atoms with Gasteiger partial charge >= 0.3 is 5.97 Å². The van der Waals surface area contributed by atoms with E-state index in [9.17, 15) is 19.5 Å². The number of benzene rings is 1. The molecule has 2 amide bonds. The highest BCUT2D eigenvalue weighted by Gasteiger charge is 2.15. The van der Waals surface area contributed by atoms with Crippen LogP contribution in [0.5, 0.6) is 0 Å². The Morgan fingerprint density at radius 3 is 2.50 bits per heavy atom. The molecule has 1 rings (SSSR count). The second-order valence-electron chi connectivity index (χ2n) is 3.86. The van der Waals surface area contributed by atoms with Crippen molar-refractivity contribution in [1.82, 2.24) is 5.32 Å². The summed E-state index contributed by atoms with van der Waals surface area (Å²) >= 11 is 0. The Morgan fingerprint density at radius 2 is 1.90 bits per heavy atom. The highest BCUT2D eigenvalue weighted by Crippen LogP contribution is 2.24. The zero-order valence-corrected chi connectivity index (χ0v) is 10.7. The molecule has 0 unspecified atom stereocenters. The van der Waals surface area contributed by atoms with Crippen molar-refractivity contribution in [3.05, 3.63) is 35.4 Å².